The van der Waals surface area contributed by atoms with E-state index in [0.717, 1.165) is 19.4 Å². The summed E-state index contributed by atoms with van der Waals surface area (Å²) in [4.78, 5) is 32.1. The van der Waals surface area contributed by atoms with Crippen LogP contribution in [0.4, 0.5) is 4.79 Å². The summed E-state index contributed by atoms with van der Waals surface area (Å²) in [6, 6.07) is 0. The molecule has 0 aromatic rings. The number of ether oxygens (including phenoxy) is 1. The van der Waals surface area contributed by atoms with Crippen LogP contribution in [-0.2, 0) is 14.3 Å². The molecule has 2 aliphatic rings. The third-order valence-corrected chi connectivity index (χ3v) is 3.88. The quantitative estimate of drug-likeness (QED) is 0.612. The van der Waals surface area contributed by atoms with Gasteiger partial charge in [-0.25, -0.2) is 14.4 Å². The molecule has 1 saturated heterocycles. The Morgan fingerprint density at radius 1 is 1.27 bits per heavy atom. The predicted molar refractivity (Wildman–Crippen MR) is 77.3 cm³/mol. The van der Waals surface area contributed by atoms with E-state index in [0.29, 0.717) is 12.5 Å². The average Bonchev–Trinajstić information content (AvgIpc) is 2.95. The van der Waals surface area contributed by atoms with Crippen LogP contribution in [0.2, 0.25) is 0 Å². The molecule has 2 rings (SSSR count). The molecule has 2 atom stereocenters. The minimum atomic E-state index is -1.82. The Balaban J connectivity index is 0.000000346. The summed E-state index contributed by atoms with van der Waals surface area (Å²) in [5, 5.41) is 14.8. The zero-order chi connectivity index (χ0) is 17.1. The number of carboxylic acids is 2. The minimum absolute atomic E-state index is 0.104. The first-order valence-corrected chi connectivity index (χ1v) is 7.17. The van der Waals surface area contributed by atoms with Crippen molar-refractivity contribution >= 4 is 18.0 Å². The van der Waals surface area contributed by atoms with Crippen LogP contribution in [0.25, 0.3) is 0 Å². The van der Waals surface area contributed by atoms with Crippen LogP contribution in [-0.4, -0.2) is 57.4 Å². The van der Waals surface area contributed by atoms with E-state index in [-0.39, 0.29) is 11.6 Å². The van der Waals surface area contributed by atoms with Gasteiger partial charge >= 0.3 is 18.0 Å². The first-order chi connectivity index (χ1) is 10.0. The third-order valence-electron chi connectivity index (χ3n) is 3.88. The number of hydrogen-bond acceptors (Lipinski definition) is 5. The van der Waals surface area contributed by atoms with Gasteiger partial charge in [0.1, 0.15) is 5.60 Å². The number of carbonyl (C=O) groups is 3. The Hall–Kier alpha value is -1.83. The van der Waals surface area contributed by atoms with Crippen molar-refractivity contribution in [2.24, 2.45) is 11.7 Å². The highest BCUT2D eigenvalue weighted by atomic mass is 16.6. The van der Waals surface area contributed by atoms with Crippen molar-refractivity contribution in [3.05, 3.63) is 0 Å². The Kier molecular flexibility index (Phi) is 5.39. The van der Waals surface area contributed by atoms with Gasteiger partial charge in [-0.15, -0.1) is 0 Å². The standard InChI is InChI=1S/C12H22N2O2.C2H2O4/c1-11(2,3)16-10(15)14-7-9-4-5-12(14,6-9)8-13;3-1(4)2(5)6/h9H,4-8,13H2,1-3H3;(H,3,4)(H,5,6). The van der Waals surface area contributed by atoms with Crippen LogP contribution in [0.15, 0.2) is 0 Å². The maximum Gasteiger partial charge on any atom is 0.414 e. The Morgan fingerprint density at radius 3 is 2.18 bits per heavy atom. The van der Waals surface area contributed by atoms with Crippen molar-refractivity contribution < 1.29 is 29.3 Å². The molecule has 0 radical (unpaired) electrons. The first kappa shape index (κ1) is 18.2. The van der Waals surface area contributed by atoms with E-state index in [9.17, 15) is 4.79 Å². The number of nitrogens with zero attached hydrogens (tertiary/aromatic N) is 1. The normalized spacial score (nSPS) is 26.2. The number of fused-ring (bicyclic) bond motifs is 2. The maximum absolute atomic E-state index is 12.1. The summed E-state index contributed by atoms with van der Waals surface area (Å²) in [7, 11) is 0. The molecule has 0 spiro atoms. The van der Waals surface area contributed by atoms with Gasteiger partial charge in [0, 0.05) is 13.1 Å². The average molecular weight is 316 g/mol. The second-order valence-electron chi connectivity index (χ2n) is 6.74. The molecular formula is C14H24N2O6. The molecule has 2 fully saturated rings. The molecule has 1 saturated carbocycles. The molecule has 126 valence electrons. The van der Waals surface area contributed by atoms with Crippen LogP contribution in [0.1, 0.15) is 40.0 Å². The number of carbonyl (C=O) groups excluding carboxylic acids is 1. The summed E-state index contributed by atoms with van der Waals surface area (Å²) in [5.74, 6) is -3.01. The van der Waals surface area contributed by atoms with Gasteiger partial charge in [0.2, 0.25) is 0 Å². The summed E-state index contributed by atoms with van der Waals surface area (Å²) < 4.78 is 5.43. The lowest BCUT2D eigenvalue weighted by atomic mass is 9.98. The number of carboxylic acid groups (broad SMARTS) is 2. The lowest BCUT2D eigenvalue weighted by molar-refractivity contribution is -0.159. The molecule has 1 aliphatic heterocycles. The molecule has 2 bridgehead atoms. The number of piperidine rings is 1. The number of hydrogen-bond donors (Lipinski definition) is 3. The molecule has 0 aromatic carbocycles. The van der Waals surface area contributed by atoms with Crippen molar-refractivity contribution in [3.8, 4) is 0 Å². The SMILES string of the molecule is CC(C)(C)OC(=O)N1CC2CCC1(CN)C2.O=C(O)C(=O)O. The number of amides is 1. The second kappa shape index (κ2) is 6.51. The molecule has 0 aromatic heterocycles. The Morgan fingerprint density at radius 2 is 1.82 bits per heavy atom. The number of rotatable bonds is 1. The summed E-state index contributed by atoms with van der Waals surface area (Å²) in [5.41, 5.74) is 5.32. The van der Waals surface area contributed by atoms with Gasteiger partial charge in [-0.3, -0.25) is 0 Å². The molecule has 22 heavy (non-hydrogen) atoms. The summed E-state index contributed by atoms with van der Waals surface area (Å²) in [6.07, 6.45) is 3.10. The van der Waals surface area contributed by atoms with E-state index < -0.39 is 17.5 Å². The molecule has 1 heterocycles. The van der Waals surface area contributed by atoms with E-state index in [2.05, 4.69) is 0 Å². The Bertz CT molecular complexity index is 447. The largest absolute Gasteiger partial charge is 0.473 e. The third kappa shape index (κ3) is 4.33. The van der Waals surface area contributed by atoms with Crippen LogP contribution in [0.5, 0.6) is 0 Å². The van der Waals surface area contributed by atoms with Crippen molar-refractivity contribution in [1.29, 1.82) is 0 Å². The highest BCUT2D eigenvalue weighted by Crippen LogP contribution is 2.46. The lowest BCUT2D eigenvalue weighted by Crippen LogP contribution is -2.53. The zero-order valence-electron chi connectivity index (χ0n) is 13.2. The lowest BCUT2D eigenvalue weighted by Gasteiger charge is -2.38. The van der Waals surface area contributed by atoms with Crippen molar-refractivity contribution in [2.45, 2.75) is 51.2 Å². The molecule has 8 nitrogen and oxygen atoms in total. The van der Waals surface area contributed by atoms with E-state index in [1.54, 1.807) is 0 Å². The highest BCUT2D eigenvalue weighted by Gasteiger charge is 2.52. The van der Waals surface area contributed by atoms with E-state index in [4.69, 9.17) is 30.3 Å². The van der Waals surface area contributed by atoms with Crippen LogP contribution < -0.4 is 5.73 Å². The van der Waals surface area contributed by atoms with E-state index >= 15 is 0 Å². The van der Waals surface area contributed by atoms with Crippen LogP contribution in [0, 0.1) is 5.92 Å². The summed E-state index contributed by atoms with van der Waals surface area (Å²) >= 11 is 0. The fraction of sp³-hybridized carbons (Fsp3) is 0.786. The molecule has 8 heteroatoms. The summed E-state index contributed by atoms with van der Waals surface area (Å²) in [6.45, 7) is 7.08. The minimum Gasteiger partial charge on any atom is -0.473 e. The van der Waals surface area contributed by atoms with E-state index in [1.807, 2.05) is 25.7 Å². The monoisotopic (exact) mass is 316 g/mol. The van der Waals surface area contributed by atoms with Gasteiger partial charge in [0.15, 0.2) is 0 Å². The van der Waals surface area contributed by atoms with Gasteiger partial charge in [-0.1, -0.05) is 0 Å². The van der Waals surface area contributed by atoms with Gasteiger partial charge < -0.3 is 25.6 Å². The van der Waals surface area contributed by atoms with Crippen molar-refractivity contribution in [2.75, 3.05) is 13.1 Å². The molecule has 1 amide bonds. The molecule has 1 aliphatic carbocycles. The molecule has 2 unspecified atom stereocenters. The van der Waals surface area contributed by atoms with Gasteiger partial charge in [-0.05, 0) is 46.0 Å². The Labute approximate surface area is 129 Å². The van der Waals surface area contributed by atoms with Gasteiger partial charge in [0.05, 0.1) is 5.54 Å². The predicted octanol–water partition coefficient (Wildman–Crippen LogP) is 0.890. The smallest absolute Gasteiger partial charge is 0.414 e. The molecular weight excluding hydrogens is 292 g/mol. The van der Waals surface area contributed by atoms with Crippen LogP contribution in [0.3, 0.4) is 0 Å². The number of likely N-dealkylation sites (tertiary alicyclic amines) is 1. The fourth-order valence-corrected chi connectivity index (χ4v) is 2.95. The van der Waals surface area contributed by atoms with Crippen molar-refractivity contribution in [3.63, 3.8) is 0 Å². The topological polar surface area (TPSA) is 130 Å². The molecule has 4 N–H and O–H groups in total. The van der Waals surface area contributed by atoms with Gasteiger partial charge in [0.25, 0.3) is 0 Å². The fourth-order valence-electron chi connectivity index (χ4n) is 2.95. The number of nitrogens with two attached hydrogens (primary N) is 1. The zero-order valence-corrected chi connectivity index (χ0v) is 13.2. The van der Waals surface area contributed by atoms with Crippen LogP contribution >= 0.6 is 0 Å². The maximum atomic E-state index is 12.1. The number of aliphatic carboxylic acids is 2. The van der Waals surface area contributed by atoms with Gasteiger partial charge in [-0.2, -0.15) is 0 Å². The highest BCUT2D eigenvalue weighted by molar-refractivity contribution is 6.27. The second-order valence-corrected chi connectivity index (χ2v) is 6.74. The first-order valence-electron chi connectivity index (χ1n) is 7.17. The van der Waals surface area contributed by atoms with E-state index in [1.165, 1.54) is 6.42 Å². The van der Waals surface area contributed by atoms with Crippen molar-refractivity contribution in [1.82, 2.24) is 4.90 Å².